The van der Waals surface area contributed by atoms with Crippen LogP contribution in [-0.4, -0.2) is 58.0 Å². The number of nitrogens with zero attached hydrogens (tertiary/aromatic N) is 3. The topological polar surface area (TPSA) is 61.3 Å². The van der Waals surface area contributed by atoms with Crippen molar-refractivity contribution in [2.75, 3.05) is 32.7 Å². The molecule has 1 N–H and O–H groups in total. The highest BCUT2D eigenvalue weighted by Gasteiger charge is 2.26. The molecule has 0 radical (unpaired) electrons. The van der Waals surface area contributed by atoms with Crippen LogP contribution in [-0.2, 0) is 4.79 Å². The van der Waals surface area contributed by atoms with E-state index in [0.29, 0.717) is 6.54 Å². The minimum Gasteiger partial charge on any atom is -0.341 e. The van der Waals surface area contributed by atoms with Gasteiger partial charge in [-0.1, -0.05) is 26.0 Å². The predicted molar refractivity (Wildman–Crippen MR) is 95.2 cm³/mol. The summed E-state index contributed by atoms with van der Waals surface area (Å²) in [5.74, 6) is 0.198. The first-order chi connectivity index (χ1) is 11.6. The fourth-order valence-corrected chi connectivity index (χ4v) is 3.55. The summed E-state index contributed by atoms with van der Waals surface area (Å²) in [4.78, 5) is 31.7. The molecule has 1 aliphatic rings. The second-order valence-corrected chi connectivity index (χ2v) is 6.39. The number of para-hydroxylation sites is 2. The van der Waals surface area contributed by atoms with Gasteiger partial charge in [-0.25, -0.2) is 4.79 Å². The van der Waals surface area contributed by atoms with E-state index < -0.39 is 0 Å². The second kappa shape index (κ2) is 7.21. The molecular formula is C18H26N4O2. The molecule has 2 aromatic rings. The molecule has 3 rings (SSSR count). The highest BCUT2D eigenvalue weighted by atomic mass is 16.2. The molecule has 0 saturated carbocycles. The van der Waals surface area contributed by atoms with Crippen molar-refractivity contribution in [3.05, 3.63) is 34.7 Å². The lowest BCUT2D eigenvalue weighted by Gasteiger charge is -2.33. The van der Waals surface area contributed by atoms with Crippen LogP contribution in [0.15, 0.2) is 29.1 Å². The van der Waals surface area contributed by atoms with Gasteiger partial charge >= 0.3 is 5.69 Å². The second-order valence-electron chi connectivity index (χ2n) is 6.39. The van der Waals surface area contributed by atoms with Crippen LogP contribution in [0.3, 0.4) is 0 Å². The fourth-order valence-electron chi connectivity index (χ4n) is 3.55. The SMILES string of the molecule is CCN(CC)CC(=O)N1CCC(n2c(=O)[nH]c3ccccc32)CC1. The van der Waals surface area contributed by atoms with E-state index in [1.54, 1.807) is 0 Å². The van der Waals surface area contributed by atoms with Gasteiger partial charge < -0.3 is 9.88 Å². The number of hydrogen-bond donors (Lipinski definition) is 1. The standard InChI is InChI=1S/C18H26N4O2/c1-3-20(4-2)13-17(23)21-11-9-14(10-12-21)22-16-8-6-5-7-15(16)19-18(22)24/h5-8,14H,3-4,9-13H2,1-2H3,(H,19,24). The van der Waals surface area contributed by atoms with Crippen molar-refractivity contribution >= 4 is 16.9 Å². The molecule has 1 saturated heterocycles. The van der Waals surface area contributed by atoms with Crippen LogP contribution in [0.1, 0.15) is 32.7 Å². The summed E-state index contributed by atoms with van der Waals surface area (Å²) in [6, 6.07) is 7.94. The summed E-state index contributed by atoms with van der Waals surface area (Å²) in [6.07, 6.45) is 1.65. The number of carbonyl (C=O) groups excluding carboxylic acids is 1. The Morgan fingerprint density at radius 2 is 1.88 bits per heavy atom. The molecule has 0 atom stereocenters. The van der Waals surface area contributed by atoms with Gasteiger partial charge in [0.2, 0.25) is 5.91 Å². The number of carbonyl (C=O) groups is 1. The van der Waals surface area contributed by atoms with Gasteiger partial charge in [-0.2, -0.15) is 0 Å². The number of amides is 1. The highest BCUT2D eigenvalue weighted by Crippen LogP contribution is 2.24. The smallest absolute Gasteiger partial charge is 0.326 e. The lowest BCUT2D eigenvalue weighted by atomic mass is 10.0. The van der Waals surface area contributed by atoms with E-state index in [1.807, 2.05) is 33.7 Å². The molecule has 0 spiro atoms. The maximum Gasteiger partial charge on any atom is 0.326 e. The van der Waals surface area contributed by atoms with E-state index in [9.17, 15) is 9.59 Å². The van der Waals surface area contributed by atoms with Crippen LogP contribution in [0.2, 0.25) is 0 Å². The quantitative estimate of drug-likeness (QED) is 0.910. The Bertz CT molecular complexity index is 752. The predicted octanol–water partition coefficient (Wildman–Crippen LogP) is 1.83. The summed E-state index contributed by atoms with van der Waals surface area (Å²) < 4.78 is 1.86. The summed E-state index contributed by atoms with van der Waals surface area (Å²) in [6.45, 7) is 7.86. The van der Waals surface area contributed by atoms with E-state index >= 15 is 0 Å². The molecule has 0 bridgehead atoms. The Labute approximate surface area is 142 Å². The Morgan fingerprint density at radius 3 is 2.54 bits per heavy atom. The van der Waals surface area contributed by atoms with E-state index in [1.165, 1.54) is 0 Å². The van der Waals surface area contributed by atoms with Crippen LogP contribution in [0.4, 0.5) is 0 Å². The number of H-pyrrole nitrogens is 1. The molecule has 1 aromatic carbocycles. The number of likely N-dealkylation sites (tertiary alicyclic amines) is 1. The van der Waals surface area contributed by atoms with Gasteiger partial charge in [0.05, 0.1) is 17.6 Å². The average Bonchev–Trinajstić information content (AvgIpc) is 2.95. The van der Waals surface area contributed by atoms with Gasteiger partial charge in [-0.3, -0.25) is 14.3 Å². The van der Waals surface area contributed by atoms with E-state index in [-0.39, 0.29) is 17.6 Å². The van der Waals surface area contributed by atoms with Crippen LogP contribution in [0.5, 0.6) is 0 Å². The van der Waals surface area contributed by atoms with Gasteiger partial charge in [0.15, 0.2) is 0 Å². The first-order valence-electron chi connectivity index (χ1n) is 8.83. The summed E-state index contributed by atoms with van der Waals surface area (Å²) >= 11 is 0. The third-order valence-electron chi connectivity index (χ3n) is 5.06. The van der Waals surface area contributed by atoms with Crippen molar-refractivity contribution < 1.29 is 4.79 Å². The zero-order valence-electron chi connectivity index (χ0n) is 14.5. The third-order valence-corrected chi connectivity index (χ3v) is 5.06. The minimum atomic E-state index is -0.0517. The summed E-state index contributed by atoms with van der Waals surface area (Å²) in [7, 11) is 0. The van der Waals surface area contributed by atoms with E-state index in [2.05, 4.69) is 23.7 Å². The first-order valence-corrected chi connectivity index (χ1v) is 8.83. The van der Waals surface area contributed by atoms with Crippen LogP contribution >= 0.6 is 0 Å². The number of fused-ring (bicyclic) bond motifs is 1. The number of aromatic amines is 1. The molecular weight excluding hydrogens is 304 g/mol. The van der Waals surface area contributed by atoms with Crippen molar-refractivity contribution in [3.8, 4) is 0 Å². The van der Waals surface area contributed by atoms with E-state index in [0.717, 1.165) is 50.1 Å². The summed E-state index contributed by atoms with van der Waals surface area (Å²) in [5.41, 5.74) is 1.78. The molecule has 6 nitrogen and oxygen atoms in total. The maximum atomic E-state index is 12.4. The van der Waals surface area contributed by atoms with Gasteiger partial charge in [0.1, 0.15) is 0 Å². The number of likely N-dealkylation sites (N-methyl/N-ethyl adjacent to an activating group) is 1. The maximum absolute atomic E-state index is 12.4. The van der Waals surface area contributed by atoms with E-state index in [4.69, 9.17) is 0 Å². The van der Waals surface area contributed by atoms with Crippen LogP contribution < -0.4 is 5.69 Å². The minimum absolute atomic E-state index is 0.0517. The Balaban J connectivity index is 1.67. The zero-order chi connectivity index (χ0) is 17.1. The fraction of sp³-hybridized carbons (Fsp3) is 0.556. The molecule has 2 heterocycles. The molecule has 130 valence electrons. The normalized spacial score (nSPS) is 16.2. The number of benzene rings is 1. The molecule has 1 amide bonds. The number of aromatic nitrogens is 2. The van der Waals surface area contributed by atoms with Crippen molar-refractivity contribution in [2.24, 2.45) is 0 Å². The molecule has 1 aromatic heterocycles. The number of hydrogen-bond acceptors (Lipinski definition) is 3. The van der Waals surface area contributed by atoms with Crippen molar-refractivity contribution in [2.45, 2.75) is 32.7 Å². The molecule has 0 unspecified atom stereocenters. The average molecular weight is 330 g/mol. The first kappa shape index (κ1) is 16.8. The number of imidazole rings is 1. The van der Waals surface area contributed by atoms with Gasteiger partial charge in [0.25, 0.3) is 0 Å². The summed E-state index contributed by atoms with van der Waals surface area (Å²) in [5, 5.41) is 0. The largest absolute Gasteiger partial charge is 0.341 e. The third kappa shape index (κ3) is 3.24. The highest BCUT2D eigenvalue weighted by molar-refractivity contribution is 5.78. The van der Waals surface area contributed by atoms with Gasteiger partial charge in [-0.15, -0.1) is 0 Å². The molecule has 1 fully saturated rings. The lowest BCUT2D eigenvalue weighted by molar-refractivity contribution is -0.133. The number of piperidine rings is 1. The van der Waals surface area contributed by atoms with Crippen molar-refractivity contribution in [1.82, 2.24) is 19.4 Å². The molecule has 24 heavy (non-hydrogen) atoms. The molecule has 1 aliphatic heterocycles. The van der Waals surface area contributed by atoms with Crippen molar-refractivity contribution in [1.29, 1.82) is 0 Å². The molecule has 6 heteroatoms. The van der Waals surface area contributed by atoms with Crippen LogP contribution in [0.25, 0.3) is 11.0 Å². The Kier molecular flexibility index (Phi) is 5.04. The van der Waals surface area contributed by atoms with Gasteiger partial charge in [-0.05, 0) is 38.1 Å². The molecule has 0 aliphatic carbocycles. The zero-order valence-corrected chi connectivity index (χ0v) is 14.5. The lowest BCUT2D eigenvalue weighted by Crippen LogP contribution is -2.45. The van der Waals surface area contributed by atoms with Crippen molar-refractivity contribution in [3.63, 3.8) is 0 Å². The van der Waals surface area contributed by atoms with Gasteiger partial charge in [0, 0.05) is 19.1 Å². The Hall–Kier alpha value is -2.08. The monoisotopic (exact) mass is 330 g/mol. The Morgan fingerprint density at radius 1 is 1.21 bits per heavy atom. The number of rotatable bonds is 5. The number of nitrogens with one attached hydrogen (secondary N) is 1. The van der Waals surface area contributed by atoms with Crippen LogP contribution in [0, 0.1) is 0 Å².